The van der Waals surface area contributed by atoms with E-state index in [1.165, 1.54) is 0 Å². The Morgan fingerprint density at radius 3 is 2.81 bits per heavy atom. The fourth-order valence-electron chi connectivity index (χ4n) is 1.73. The third kappa shape index (κ3) is 6.27. The molecule has 3 amide bonds. The molecule has 3 N–H and O–H groups in total. The molecule has 116 valence electrons. The van der Waals surface area contributed by atoms with Crippen LogP contribution in [0.4, 0.5) is 4.79 Å². The number of nitrogens with one attached hydrogen (secondary N) is 1. The van der Waals surface area contributed by atoms with E-state index in [4.69, 9.17) is 10.5 Å². The number of rotatable bonds is 9. The highest BCUT2D eigenvalue weighted by Gasteiger charge is 2.10. The van der Waals surface area contributed by atoms with Gasteiger partial charge in [-0.25, -0.2) is 4.79 Å². The first kappa shape index (κ1) is 17.0. The van der Waals surface area contributed by atoms with Crippen molar-refractivity contribution in [1.82, 2.24) is 10.2 Å². The molecule has 21 heavy (non-hydrogen) atoms. The lowest BCUT2D eigenvalue weighted by molar-refractivity contribution is -0.115. The zero-order chi connectivity index (χ0) is 15.5. The Bertz CT molecular complexity index is 452. The van der Waals surface area contributed by atoms with E-state index in [1.807, 2.05) is 31.2 Å². The van der Waals surface area contributed by atoms with E-state index in [0.717, 1.165) is 16.2 Å². The van der Waals surface area contributed by atoms with Gasteiger partial charge in [0.25, 0.3) is 0 Å². The highest BCUT2D eigenvalue weighted by atomic mass is 16.5. The van der Waals surface area contributed by atoms with Crippen molar-refractivity contribution in [2.45, 2.75) is 19.8 Å². The minimum atomic E-state index is -0.394. The lowest BCUT2D eigenvalue weighted by Crippen LogP contribution is -2.40. The van der Waals surface area contributed by atoms with Gasteiger partial charge in [0.1, 0.15) is 5.75 Å². The summed E-state index contributed by atoms with van der Waals surface area (Å²) in [5.74, 6) is 0.848. The van der Waals surface area contributed by atoms with E-state index >= 15 is 0 Å². The summed E-state index contributed by atoms with van der Waals surface area (Å²) in [7, 11) is 0. The Labute approximate surface area is 125 Å². The van der Waals surface area contributed by atoms with Crippen molar-refractivity contribution in [1.29, 1.82) is 0 Å². The van der Waals surface area contributed by atoms with Crippen molar-refractivity contribution in [2.24, 2.45) is 5.73 Å². The normalized spacial score (nSPS) is 10.0. The Morgan fingerprint density at radius 2 is 2.14 bits per heavy atom. The molecule has 0 aromatic heterocycles. The Morgan fingerprint density at radius 1 is 1.38 bits per heavy atom. The maximum absolute atomic E-state index is 11.7. The molecular weight excluding hydrogens is 270 g/mol. The second-order valence-corrected chi connectivity index (χ2v) is 4.64. The molecule has 6 nitrogen and oxygen atoms in total. The van der Waals surface area contributed by atoms with Crippen LogP contribution in [0.3, 0.4) is 0 Å². The predicted molar refractivity (Wildman–Crippen MR) is 81.1 cm³/mol. The molecule has 1 aromatic carbocycles. The van der Waals surface area contributed by atoms with Gasteiger partial charge >= 0.3 is 6.03 Å². The van der Waals surface area contributed by atoms with Crippen LogP contribution in [0.1, 0.15) is 18.4 Å². The van der Waals surface area contributed by atoms with Crippen LogP contribution in [0, 0.1) is 6.92 Å². The summed E-state index contributed by atoms with van der Waals surface area (Å²) < 4.78 is 5.62. The van der Waals surface area contributed by atoms with Gasteiger partial charge in [-0.15, -0.1) is 0 Å². The third-order valence-corrected chi connectivity index (χ3v) is 2.94. The lowest BCUT2D eigenvalue weighted by atomic mass is 10.2. The molecule has 0 fully saturated rings. The monoisotopic (exact) mass is 293 g/mol. The molecular formula is C15H23N3O3. The zero-order valence-electron chi connectivity index (χ0n) is 12.4. The van der Waals surface area contributed by atoms with Gasteiger partial charge in [0.15, 0.2) is 0 Å². The first-order valence-corrected chi connectivity index (χ1v) is 7.07. The molecule has 0 radical (unpaired) electrons. The van der Waals surface area contributed by atoms with Crippen molar-refractivity contribution in [2.75, 3.05) is 26.2 Å². The van der Waals surface area contributed by atoms with Crippen LogP contribution < -0.4 is 15.8 Å². The predicted octanol–water partition coefficient (Wildman–Crippen LogP) is 1.28. The zero-order valence-corrected chi connectivity index (χ0v) is 12.4. The van der Waals surface area contributed by atoms with Crippen molar-refractivity contribution < 1.29 is 14.3 Å². The van der Waals surface area contributed by atoms with Crippen LogP contribution in [0.2, 0.25) is 0 Å². The quantitative estimate of drug-likeness (QED) is 0.530. The van der Waals surface area contributed by atoms with Crippen LogP contribution in [-0.2, 0) is 4.79 Å². The van der Waals surface area contributed by atoms with E-state index in [9.17, 15) is 9.59 Å². The molecule has 0 aliphatic heterocycles. The number of nitrogens with zero attached hydrogens (tertiary/aromatic N) is 1. The number of amides is 3. The molecule has 0 atom stereocenters. The Kier molecular flexibility index (Phi) is 7.89. The van der Waals surface area contributed by atoms with Crippen LogP contribution in [0.25, 0.3) is 0 Å². The van der Waals surface area contributed by atoms with E-state index in [1.54, 1.807) is 0 Å². The highest BCUT2D eigenvalue weighted by Crippen LogP contribution is 2.15. The number of urea groups is 1. The standard InChI is InChI=1S/C15H23N3O3/c1-13-6-2-3-7-14(13)21-11-5-9-17-15(20)18(12-19)10-4-8-16/h2-3,6-7,12H,4-5,8-11,16H2,1H3,(H,17,20). The molecule has 0 aliphatic carbocycles. The molecule has 1 aromatic rings. The Hall–Kier alpha value is -2.08. The maximum atomic E-state index is 11.7. The number of carbonyl (C=O) groups excluding carboxylic acids is 2. The smallest absolute Gasteiger partial charge is 0.323 e. The number of hydrogen-bond acceptors (Lipinski definition) is 4. The van der Waals surface area contributed by atoms with Gasteiger partial charge < -0.3 is 15.8 Å². The minimum Gasteiger partial charge on any atom is -0.493 e. The van der Waals surface area contributed by atoms with Gasteiger partial charge in [0, 0.05) is 13.1 Å². The minimum absolute atomic E-state index is 0.339. The number of nitrogens with two attached hydrogens (primary N) is 1. The molecule has 0 bridgehead atoms. The second kappa shape index (κ2) is 9.77. The fraction of sp³-hybridized carbons (Fsp3) is 0.467. The molecule has 0 unspecified atom stereocenters. The molecule has 1 rings (SSSR count). The average molecular weight is 293 g/mol. The second-order valence-electron chi connectivity index (χ2n) is 4.64. The number of hydrogen-bond donors (Lipinski definition) is 2. The maximum Gasteiger partial charge on any atom is 0.323 e. The van der Waals surface area contributed by atoms with Gasteiger partial charge in [-0.2, -0.15) is 0 Å². The summed E-state index contributed by atoms with van der Waals surface area (Å²) in [6.45, 7) is 3.73. The molecule has 0 aliphatic rings. The van der Waals surface area contributed by atoms with E-state index in [2.05, 4.69) is 5.32 Å². The molecule has 0 saturated heterocycles. The summed E-state index contributed by atoms with van der Waals surface area (Å²) in [4.78, 5) is 23.5. The van der Waals surface area contributed by atoms with Crippen molar-refractivity contribution in [3.05, 3.63) is 29.8 Å². The topological polar surface area (TPSA) is 84.7 Å². The summed E-state index contributed by atoms with van der Waals surface area (Å²) in [6, 6.07) is 7.38. The van der Waals surface area contributed by atoms with Crippen LogP contribution in [0.5, 0.6) is 5.75 Å². The van der Waals surface area contributed by atoms with Gasteiger partial charge in [-0.3, -0.25) is 9.69 Å². The highest BCUT2D eigenvalue weighted by molar-refractivity contribution is 5.84. The third-order valence-electron chi connectivity index (χ3n) is 2.94. The lowest BCUT2D eigenvalue weighted by Gasteiger charge is -2.16. The number of imide groups is 1. The van der Waals surface area contributed by atoms with Gasteiger partial charge in [0.05, 0.1) is 6.61 Å². The first-order valence-electron chi connectivity index (χ1n) is 7.07. The number of para-hydroxylation sites is 1. The molecule has 6 heteroatoms. The summed E-state index contributed by atoms with van der Waals surface area (Å²) >= 11 is 0. The van der Waals surface area contributed by atoms with E-state index in [-0.39, 0.29) is 0 Å². The van der Waals surface area contributed by atoms with Crippen molar-refractivity contribution >= 4 is 12.4 Å². The van der Waals surface area contributed by atoms with Gasteiger partial charge in [-0.1, -0.05) is 18.2 Å². The van der Waals surface area contributed by atoms with Crippen molar-refractivity contribution in [3.63, 3.8) is 0 Å². The number of benzene rings is 1. The summed E-state index contributed by atoms with van der Waals surface area (Å²) in [6.07, 6.45) is 1.79. The largest absolute Gasteiger partial charge is 0.493 e. The van der Waals surface area contributed by atoms with Crippen LogP contribution >= 0.6 is 0 Å². The Balaban J connectivity index is 2.20. The average Bonchev–Trinajstić information content (AvgIpc) is 2.49. The van der Waals surface area contributed by atoms with E-state index in [0.29, 0.717) is 45.5 Å². The SMILES string of the molecule is Cc1ccccc1OCCCNC(=O)N(C=O)CCCN. The van der Waals surface area contributed by atoms with Crippen LogP contribution in [0.15, 0.2) is 24.3 Å². The van der Waals surface area contributed by atoms with Gasteiger partial charge in [-0.05, 0) is 37.9 Å². The fourth-order valence-corrected chi connectivity index (χ4v) is 1.73. The number of carbonyl (C=O) groups is 2. The van der Waals surface area contributed by atoms with Crippen molar-refractivity contribution in [3.8, 4) is 5.75 Å². The van der Waals surface area contributed by atoms with E-state index < -0.39 is 6.03 Å². The molecule has 0 saturated carbocycles. The van der Waals surface area contributed by atoms with Gasteiger partial charge in [0.2, 0.25) is 6.41 Å². The summed E-state index contributed by atoms with van der Waals surface area (Å²) in [5, 5.41) is 2.68. The number of aryl methyl sites for hydroxylation is 1. The number of ether oxygens (including phenoxy) is 1. The molecule has 0 spiro atoms. The first-order chi connectivity index (χ1) is 10.2. The molecule has 0 heterocycles. The van der Waals surface area contributed by atoms with Crippen LogP contribution in [-0.4, -0.2) is 43.6 Å². The summed E-state index contributed by atoms with van der Waals surface area (Å²) in [5.41, 5.74) is 6.43.